The Morgan fingerprint density at radius 2 is 1.69 bits per heavy atom. The van der Waals surface area contributed by atoms with Crippen LogP contribution in [-0.2, 0) is 4.79 Å². The summed E-state index contributed by atoms with van der Waals surface area (Å²) in [6.45, 7) is 2.17. The van der Waals surface area contributed by atoms with Crippen LogP contribution in [0.4, 0.5) is 5.69 Å². The maximum Gasteiger partial charge on any atom is 0.251 e. The fourth-order valence-corrected chi connectivity index (χ4v) is 2.52. The Balaban J connectivity index is 1.87. The first-order valence-corrected chi connectivity index (χ1v) is 8.79. The van der Waals surface area contributed by atoms with Crippen molar-refractivity contribution in [2.24, 2.45) is 0 Å². The molecule has 6 nitrogen and oxygen atoms in total. The third-order valence-corrected chi connectivity index (χ3v) is 4.58. The summed E-state index contributed by atoms with van der Waals surface area (Å²) in [5, 5.41) is 5.53. The van der Waals surface area contributed by atoms with Gasteiger partial charge < -0.3 is 20.1 Å². The first-order chi connectivity index (χ1) is 12.4. The summed E-state index contributed by atoms with van der Waals surface area (Å²) in [5.74, 6) is 0.584. The second-order valence-electron chi connectivity index (χ2n) is 5.62. The number of amides is 2. The molecule has 26 heavy (non-hydrogen) atoms. The first kappa shape index (κ1) is 19.8. The zero-order valence-electron chi connectivity index (χ0n) is 14.9. The summed E-state index contributed by atoms with van der Waals surface area (Å²) in [7, 11) is 3.04. The Hall–Kier alpha value is -2.54. The standard InChI is InChI=1S/C19H21BrN2O4/c1-12-8-14(4-5-17(12)20)22-18(23)6-7-21-19(24)13-9-15(25-2)11-16(10-13)26-3/h4-5,8-11H,6-7H2,1-3H3,(H,21,24)(H,22,23). The number of carbonyl (C=O) groups is 2. The lowest BCUT2D eigenvalue weighted by Crippen LogP contribution is -2.27. The van der Waals surface area contributed by atoms with E-state index < -0.39 is 0 Å². The monoisotopic (exact) mass is 420 g/mol. The van der Waals surface area contributed by atoms with Crippen LogP contribution in [0.25, 0.3) is 0 Å². The highest BCUT2D eigenvalue weighted by molar-refractivity contribution is 9.10. The first-order valence-electron chi connectivity index (χ1n) is 8.00. The minimum Gasteiger partial charge on any atom is -0.497 e. The molecule has 0 saturated carbocycles. The molecule has 2 amide bonds. The number of hydrogen-bond acceptors (Lipinski definition) is 4. The summed E-state index contributed by atoms with van der Waals surface area (Å²) in [6.07, 6.45) is 0.169. The molecule has 0 aliphatic carbocycles. The fourth-order valence-electron chi connectivity index (χ4n) is 2.28. The molecular weight excluding hydrogens is 400 g/mol. The van der Waals surface area contributed by atoms with Crippen molar-refractivity contribution < 1.29 is 19.1 Å². The summed E-state index contributed by atoms with van der Waals surface area (Å²) >= 11 is 3.42. The molecule has 138 valence electrons. The Labute approximate surface area is 161 Å². The van der Waals surface area contributed by atoms with Gasteiger partial charge in [-0.15, -0.1) is 0 Å². The molecule has 0 spiro atoms. The Bertz CT molecular complexity index is 786. The molecule has 0 saturated heterocycles. The minimum atomic E-state index is -0.297. The summed E-state index contributed by atoms with van der Waals surface area (Å²) in [5.41, 5.74) is 2.16. The lowest BCUT2D eigenvalue weighted by atomic mass is 10.2. The number of methoxy groups -OCH3 is 2. The zero-order valence-corrected chi connectivity index (χ0v) is 16.5. The minimum absolute atomic E-state index is 0.169. The van der Waals surface area contributed by atoms with Crippen LogP contribution >= 0.6 is 15.9 Å². The molecule has 0 fully saturated rings. The van der Waals surface area contributed by atoms with Crippen LogP contribution in [0.1, 0.15) is 22.3 Å². The molecule has 7 heteroatoms. The van der Waals surface area contributed by atoms with E-state index in [1.165, 1.54) is 14.2 Å². The van der Waals surface area contributed by atoms with Crippen molar-refractivity contribution in [1.29, 1.82) is 0 Å². The third-order valence-electron chi connectivity index (χ3n) is 3.69. The van der Waals surface area contributed by atoms with Crippen molar-refractivity contribution in [1.82, 2.24) is 5.32 Å². The van der Waals surface area contributed by atoms with Crippen LogP contribution in [0.2, 0.25) is 0 Å². The average Bonchev–Trinajstić information content (AvgIpc) is 2.64. The van der Waals surface area contributed by atoms with Crippen LogP contribution in [0.15, 0.2) is 40.9 Å². The van der Waals surface area contributed by atoms with E-state index in [4.69, 9.17) is 9.47 Å². The lowest BCUT2D eigenvalue weighted by molar-refractivity contribution is -0.116. The van der Waals surface area contributed by atoms with E-state index in [0.29, 0.717) is 17.1 Å². The van der Waals surface area contributed by atoms with Crippen molar-refractivity contribution in [3.05, 3.63) is 52.0 Å². The molecule has 0 bridgehead atoms. The normalized spacial score (nSPS) is 10.2. The molecule has 2 aromatic carbocycles. The van der Waals surface area contributed by atoms with Gasteiger partial charge in [-0.05, 0) is 42.8 Å². The molecule has 0 aliphatic rings. The van der Waals surface area contributed by atoms with Crippen molar-refractivity contribution in [3.63, 3.8) is 0 Å². The number of benzene rings is 2. The maximum absolute atomic E-state index is 12.2. The van der Waals surface area contributed by atoms with Crippen LogP contribution in [0.5, 0.6) is 11.5 Å². The van der Waals surface area contributed by atoms with Gasteiger partial charge in [-0.1, -0.05) is 15.9 Å². The Kier molecular flexibility index (Phi) is 7.03. The van der Waals surface area contributed by atoms with Gasteiger partial charge >= 0.3 is 0 Å². The van der Waals surface area contributed by atoms with Crippen LogP contribution in [0.3, 0.4) is 0 Å². The molecule has 0 aromatic heterocycles. The smallest absolute Gasteiger partial charge is 0.251 e. The molecule has 2 N–H and O–H groups in total. The Morgan fingerprint density at radius 3 is 2.27 bits per heavy atom. The third kappa shape index (κ3) is 5.49. The van der Waals surface area contributed by atoms with Crippen molar-refractivity contribution in [2.75, 3.05) is 26.1 Å². The summed E-state index contributed by atoms with van der Waals surface area (Å²) in [4.78, 5) is 24.3. The lowest BCUT2D eigenvalue weighted by Gasteiger charge is -2.10. The predicted molar refractivity (Wildman–Crippen MR) is 104 cm³/mol. The van der Waals surface area contributed by atoms with E-state index in [1.807, 2.05) is 25.1 Å². The van der Waals surface area contributed by atoms with E-state index in [-0.39, 0.29) is 24.8 Å². The molecule has 0 heterocycles. The van der Waals surface area contributed by atoms with Gasteiger partial charge in [-0.25, -0.2) is 0 Å². The van der Waals surface area contributed by atoms with Gasteiger partial charge in [0.2, 0.25) is 5.91 Å². The average molecular weight is 421 g/mol. The van der Waals surface area contributed by atoms with Crippen molar-refractivity contribution in [3.8, 4) is 11.5 Å². The van der Waals surface area contributed by atoms with Gasteiger partial charge in [0.05, 0.1) is 14.2 Å². The van der Waals surface area contributed by atoms with E-state index in [0.717, 1.165) is 15.7 Å². The fraction of sp³-hybridized carbons (Fsp3) is 0.263. The number of ether oxygens (including phenoxy) is 2. The van der Waals surface area contributed by atoms with Gasteiger partial charge in [0.15, 0.2) is 0 Å². The van der Waals surface area contributed by atoms with E-state index >= 15 is 0 Å². The number of hydrogen-bond donors (Lipinski definition) is 2. The summed E-state index contributed by atoms with van der Waals surface area (Å²) in [6, 6.07) is 10.5. The van der Waals surface area contributed by atoms with Gasteiger partial charge in [-0.3, -0.25) is 9.59 Å². The zero-order chi connectivity index (χ0) is 19.1. The van der Waals surface area contributed by atoms with E-state index in [9.17, 15) is 9.59 Å². The van der Waals surface area contributed by atoms with Gasteiger partial charge in [-0.2, -0.15) is 0 Å². The number of aryl methyl sites for hydroxylation is 1. The highest BCUT2D eigenvalue weighted by Crippen LogP contribution is 2.22. The maximum atomic E-state index is 12.2. The van der Waals surface area contributed by atoms with Gasteiger partial charge in [0, 0.05) is 34.8 Å². The van der Waals surface area contributed by atoms with E-state index in [2.05, 4.69) is 26.6 Å². The SMILES string of the molecule is COc1cc(OC)cc(C(=O)NCCC(=O)Nc2ccc(Br)c(C)c2)c1. The number of rotatable bonds is 7. The second kappa shape index (κ2) is 9.24. The van der Waals surface area contributed by atoms with Gasteiger partial charge in [0.25, 0.3) is 5.91 Å². The quantitative estimate of drug-likeness (QED) is 0.717. The number of halogens is 1. The number of nitrogens with one attached hydrogen (secondary N) is 2. The van der Waals surface area contributed by atoms with Crippen molar-refractivity contribution in [2.45, 2.75) is 13.3 Å². The van der Waals surface area contributed by atoms with Crippen LogP contribution in [0, 0.1) is 6.92 Å². The van der Waals surface area contributed by atoms with Crippen LogP contribution in [-0.4, -0.2) is 32.6 Å². The summed E-state index contributed by atoms with van der Waals surface area (Å²) < 4.78 is 11.3. The molecule has 2 rings (SSSR count). The highest BCUT2D eigenvalue weighted by atomic mass is 79.9. The molecule has 0 radical (unpaired) electrons. The predicted octanol–water partition coefficient (Wildman–Crippen LogP) is 3.53. The molecule has 2 aromatic rings. The Morgan fingerprint density at radius 1 is 1.04 bits per heavy atom. The van der Waals surface area contributed by atoms with Crippen molar-refractivity contribution >= 4 is 33.4 Å². The number of carbonyl (C=O) groups excluding carboxylic acids is 2. The molecule has 0 atom stereocenters. The van der Waals surface area contributed by atoms with E-state index in [1.54, 1.807) is 18.2 Å². The second-order valence-corrected chi connectivity index (χ2v) is 6.47. The number of anilines is 1. The van der Waals surface area contributed by atoms with Gasteiger partial charge in [0.1, 0.15) is 11.5 Å². The molecule has 0 unspecified atom stereocenters. The molecule has 0 aliphatic heterocycles. The topological polar surface area (TPSA) is 76.7 Å². The van der Waals surface area contributed by atoms with Crippen LogP contribution < -0.4 is 20.1 Å². The highest BCUT2D eigenvalue weighted by Gasteiger charge is 2.11. The molecular formula is C19H21BrN2O4. The largest absolute Gasteiger partial charge is 0.497 e.